The van der Waals surface area contributed by atoms with Gasteiger partial charge in [0.2, 0.25) is 0 Å². The van der Waals surface area contributed by atoms with Crippen LogP contribution in [0.2, 0.25) is 0 Å². The van der Waals surface area contributed by atoms with Crippen LogP contribution < -0.4 is 4.90 Å². The van der Waals surface area contributed by atoms with E-state index in [1.54, 1.807) is 19.1 Å². The van der Waals surface area contributed by atoms with E-state index in [1.165, 1.54) is 25.2 Å². The molecule has 2 aromatic rings. The molecule has 1 aliphatic heterocycles. The largest absolute Gasteiger partial charge is 0.388 e. The minimum absolute atomic E-state index is 0.0896. The quantitative estimate of drug-likeness (QED) is 0.713. The van der Waals surface area contributed by atoms with E-state index in [4.69, 9.17) is 0 Å². The first-order valence-corrected chi connectivity index (χ1v) is 10.1. The van der Waals surface area contributed by atoms with E-state index in [0.29, 0.717) is 5.56 Å². The number of amides is 1. The smallest absolute Gasteiger partial charge is 0.254 e. The number of rotatable bonds is 7. The highest BCUT2D eigenvalue weighted by atomic mass is 16.3. The van der Waals surface area contributed by atoms with E-state index < -0.39 is 29.6 Å². The van der Waals surface area contributed by atoms with Gasteiger partial charge in [-0.25, -0.2) is 0 Å². The zero-order chi connectivity index (χ0) is 22.1. The summed E-state index contributed by atoms with van der Waals surface area (Å²) in [5.74, 6) is -1.54. The molecule has 0 saturated carbocycles. The minimum Gasteiger partial charge on any atom is -0.388 e. The number of aliphatic hydroxyl groups is 1. The van der Waals surface area contributed by atoms with Crippen molar-refractivity contribution < 1.29 is 19.5 Å². The molecule has 0 bridgehead atoms. The molecule has 0 unspecified atom stereocenters. The lowest BCUT2D eigenvalue weighted by atomic mass is 9.87. The highest BCUT2D eigenvalue weighted by Crippen LogP contribution is 2.31. The first-order chi connectivity index (χ1) is 14.2. The SMILES string of the molecule is CCC(=O)[C@@](C)(C(=O)CO)N(C)C(=O)c1ccc(-c2ccc3c(c2)CCN3C)cc1. The van der Waals surface area contributed by atoms with Gasteiger partial charge in [0.1, 0.15) is 6.61 Å². The molecule has 6 heteroatoms. The molecule has 30 heavy (non-hydrogen) atoms. The zero-order valence-corrected chi connectivity index (χ0v) is 17.9. The van der Waals surface area contributed by atoms with Crippen LogP contribution in [-0.4, -0.2) is 60.3 Å². The fourth-order valence-electron chi connectivity index (χ4n) is 3.98. The summed E-state index contributed by atoms with van der Waals surface area (Å²) in [5, 5.41) is 9.32. The van der Waals surface area contributed by atoms with Crippen molar-refractivity contribution in [3.8, 4) is 11.1 Å². The van der Waals surface area contributed by atoms with Gasteiger partial charge in [-0.3, -0.25) is 14.4 Å². The molecule has 0 aromatic heterocycles. The molecule has 158 valence electrons. The maximum atomic E-state index is 13.0. The number of aliphatic hydroxyl groups excluding tert-OH is 1. The van der Waals surface area contributed by atoms with Crippen molar-refractivity contribution in [3.05, 3.63) is 53.6 Å². The van der Waals surface area contributed by atoms with E-state index in [0.717, 1.165) is 29.0 Å². The molecule has 6 nitrogen and oxygen atoms in total. The van der Waals surface area contributed by atoms with Crippen molar-refractivity contribution in [3.63, 3.8) is 0 Å². The number of Topliss-reactive ketones (excluding diaryl/α,β-unsaturated/α-hetero) is 2. The lowest BCUT2D eigenvalue weighted by molar-refractivity contribution is -0.141. The second kappa shape index (κ2) is 8.40. The average molecular weight is 408 g/mol. The van der Waals surface area contributed by atoms with Crippen LogP contribution in [0.4, 0.5) is 5.69 Å². The van der Waals surface area contributed by atoms with Gasteiger partial charge >= 0.3 is 0 Å². The number of anilines is 1. The number of hydrogen-bond acceptors (Lipinski definition) is 5. The normalized spacial score (nSPS) is 14.8. The van der Waals surface area contributed by atoms with Gasteiger partial charge in [0.05, 0.1) is 0 Å². The lowest BCUT2D eigenvalue weighted by Gasteiger charge is -2.35. The van der Waals surface area contributed by atoms with Gasteiger partial charge in [0.25, 0.3) is 5.91 Å². The second-order valence-corrected chi connectivity index (χ2v) is 7.89. The van der Waals surface area contributed by atoms with Gasteiger partial charge in [0.15, 0.2) is 17.1 Å². The van der Waals surface area contributed by atoms with Gasteiger partial charge in [-0.15, -0.1) is 0 Å². The molecular weight excluding hydrogens is 380 g/mol. The predicted molar refractivity (Wildman–Crippen MR) is 117 cm³/mol. The van der Waals surface area contributed by atoms with Crippen LogP contribution in [0, 0.1) is 0 Å². The van der Waals surface area contributed by atoms with Crippen molar-refractivity contribution >= 4 is 23.2 Å². The Hall–Kier alpha value is -2.99. The third kappa shape index (κ3) is 3.63. The van der Waals surface area contributed by atoms with Crippen molar-refractivity contribution in [1.29, 1.82) is 0 Å². The highest BCUT2D eigenvalue weighted by Gasteiger charge is 2.45. The Morgan fingerprint density at radius 2 is 1.70 bits per heavy atom. The van der Waals surface area contributed by atoms with Crippen LogP contribution in [0.25, 0.3) is 11.1 Å². The lowest BCUT2D eigenvalue weighted by Crippen LogP contribution is -2.59. The number of carbonyl (C=O) groups excluding carboxylic acids is 3. The molecule has 2 aromatic carbocycles. The fourth-order valence-corrected chi connectivity index (χ4v) is 3.98. The number of benzene rings is 2. The summed E-state index contributed by atoms with van der Waals surface area (Å²) in [6, 6.07) is 13.5. The van der Waals surface area contributed by atoms with Crippen LogP contribution in [0.5, 0.6) is 0 Å². The molecule has 3 rings (SSSR count). The average Bonchev–Trinajstić information content (AvgIpc) is 3.16. The fraction of sp³-hybridized carbons (Fsp3) is 0.375. The maximum absolute atomic E-state index is 13.0. The Bertz CT molecular complexity index is 965. The summed E-state index contributed by atoms with van der Waals surface area (Å²) in [5.41, 5.74) is 3.32. The maximum Gasteiger partial charge on any atom is 0.254 e. The number of fused-ring (bicyclic) bond motifs is 1. The number of hydrogen-bond donors (Lipinski definition) is 1. The van der Waals surface area contributed by atoms with Crippen molar-refractivity contribution in [2.45, 2.75) is 32.2 Å². The van der Waals surface area contributed by atoms with Crippen LogP contribution >= 0.6 is 0 Å². The first kappa shape index (κ1) is 21.7. The number of ketones is 2. The second-order valence-electron chi connectivity index (χ2n) is 7.89. The Balaban J connectivity index is 1.86. The third-order valence-corrected chi connectivity index (χ3v) is 6.20. The molecule has 0 spiro atoms. The van der Waals surface area contributed by atoms with Gasteiger partial charge in [0, 0.05) is 38.3 Å². The summed E-state index contributed by atoms with van der Waals surface area (Å²) in [4.78, 5) is 41.1. The molecular formula is C24H28N2O4. The number of nitrogens with zero attached hydrogens (tertiary/aromatic N) is 2. The van der Waals surface area contributed by atoms with Gasteiger partial charge in [-0.05, 0) is 54.3 Å². The van der Waals surface area contributed by atoms with Gasteiger partial charge in [-0.2, -0.15) is 0 Å². The molecule has 0 fully saturated rings. The Labute approximate surface area is 177 Å². The van der Waals surface area contributed by atoms with E-state index in [9.17, 15) is 19.5 Å². The predicted octanol–water partition coefficient (Wildman–Crippen LogP) is 2.72. The Morgan fingerprint density at radius 3 is 2.30 bits per heavy atom. The summed E-state index contributed by atoms with van der Waals surface area (Å²) in [6.45, 7) is 3.24. The van der Waals surface area contributed by atoms with Crippen molar-refractivity contribution in [2.24, 2.45) is 0 Å². The molecule has 1 aliphatic rings. The number of carbonyl (C=O) groups is 3. The summed E-state index contributed by atoms with van der Waals surface area (Å²) in [7, 11) is 3.51. The number of likely N-dealkylation sites (N-methyl/N-ethyl adjacent to an activating group) is 2. The van der Waals surface area contributed by atoms with E-state index in [1.807, 2.05) is 12.1 Å². The van der Waals surface area contributed by atoms with Gasteiger partial charge < -0.3 is 14.9 Å². The molecule has 0 aliphatic carbocycles. The standard InChI is InChI=1S/C24H28N2O4/c1-5-21(28)24(2,22(29)15-27)26(4)23(30)17-8-6-16(7-9-17)18-10-11-20-19(14-18)12-13-25(20)3/h6-11,14,27H,5,12-13,15H2,1-4H3/t24-/m0/s1. The molecule has 1 N–H and O–H groups in total. The summed E-state index contributed by atoms with van der Waals surface area (Å²) < 4.78 is 0. The van der Waals surface area contributed by atoms with E-state index >= 15 is 0 Å². The minimum atomic E-state index is -1.69. The van der Waals surface area contributed by atoms with Gasteiger partial charge in [-0.1, -0.05) is 25.1 Å². The summed E-state index contributed by atoms with van der Waals surface area (Å²) >= 11 is 0. The van der Waals surface area contributed by atoms with Crippen LogP contribution in [0.1, 0.15) is 36.2 Å². The van der Waals surface area contributed by atoms with Crippen molar-refractivity contribution in [1.82, 2.24) is 4.90 Å². The summed E-state index contributed by atoms with van der Waals surface area (Å²) in [6.07, 6.45) is 1.11. The highest BCUT2D eigenvalue weighted by molar-refractivity contribution is 6.15. The van der Waals surface area contributed by atoms with Crippen molar-refractivity contribution in [2.75, 3.05) is 32.1 Å². The first-order valence-electron chi connectivity index (χ1n) is 10.1. The zero-order valence-electron chi connectivity index (χ0n) is 17.9. The monoisotopic (exact) mass is 408 g/mol. The Morgan fingerprint density at radius 1 is 1.07 bits per heavy atom. The molecule has 1 atom stereocenters. The van der Waals surface area contributed by atoms with Crippen LogP contribution in [0.15, 0.2) is 42.5 Å². The molecule has 1 heterocycles. The van der Waals surface area contributed by atoms with E-state index in [-0.39, 0.29) is 6.42 Å². The van der Waals surface area contributed by atoms with Crippen LogP contribution in [-0.2, 0) is 16.0 Å². The Kier molecular flexibility index (Phi) is 6.08. The van der Waals surface area contributed by atoms with Crippen LogP contribution in [0.3, 0.4) is 0 Å². The third-order valence-electron chi connectivity index (χ3n) is 6.20. The topological polar surface area (TPSA) is 77.9 Å². The molecule has 0 saturated heterocycles. The van der Waals surface area contributed by atoms with E-state index in [2.05, 4.69) is 30.1 Å². The molecule has 0 radical (unpaired) electrons. The molecule has 1 amide bonds.